The molecule has 1 aromatic heterocycles. The number of nitrogens with one attached hydrogen (secondary N) is 1. The number of carboxylic acid groups (broad SMARTS) is 1. The predicted octanol–water partition coefficient (Wildman–Crippen LogP) is 2.78. The molecule has 4 nitrogen and oxygen atoms in total. The molecule has 0 radical (unpaired) electrons. The van der Waals surface area contributed by atoms with E-state index >= 15 is 0 Å². The van der Waals surface area contributed by atoms with Crippen molar-refractivity contribution < 1.29 is 18.7 Å². The summed E-state index contributed by atoms with van der Waals surface area (Å²) in [7, 11) is 0. The maximum Gasteiger partial charge on any atom is 0.335 e. The number of carbonyl (C=O) groups is 1. The van der Waals surface area contributed by atoms with E-state index in [1.807, 2.05) is 0 Å². The standard InChI is InChI=1S/C11H6F2N2O2S/c12-7-2-5(1-6(3-7)10(16)17)9-8(13)4-14-11(18)15-9/h1-4H,(H,16,17)(H,14,15,18). The van der Waals surface area contributed by atoms with Gasteiger partial charge in [0, 0.05) is 5.56 Å². The Morgan fingerprint density at radius 1 is 1.33 bits per heavy atom. The van der Waals surface area contributed by atoms with Crippen LogP contribution in [0.1, 0.15) is 10.4 Å². The zero-order valence-electron chi connectivity index (χ0n) is 8.78. The zero-order chi connectivity index (χ0) is 13.3. The number of nitrogens with zero attached hydrogens (tertiary/aromatic N) is 1. The van der Waals surface area contributed by atoms with Crippen molar-refractivity contribution in [2.24, 2.45) is 0 Å². The molecule has 0 saturated heterocycles. The van der Waals surface area contributed by atoms with Gasteiger partial charge in [0.15, 0.2) is 10.6 Å². The summed E-state index contributed by atoms with van der Waals surface area (Å²) < 4.78 is 26.8. The maximum atomic E-state index is 13.5. The Morgan fingerprint density at radius 3 is 2.72 bits per heavy atom. The van der Waals surface area contributed by atoms with Gasteiger partial charge in [0.1, 0.15) is 5.82 Å². The number of benzene rings is 1. The highest BCUT2D eigenvalue weighted by Gasteiger charge is 2.12. The van der Waals surface area contributed by atoms with Crippen LogP contribution in [0.2, 0.25) is 0 Å². The fourth-order valence-electron chi connectivity index (χ4n) is 1.45. The van der Waals surface area contributed by atoms with Crippen LogP contribution < -0.4 is 0 Å². The molecule has 0 fully saturated rings. The third kappa shape index (κ3) is 2.40. The van der Waals surface area contributed by atoms with Crippen LogP contribution >= 0.6 is 12.2 Å². The van der Waals surface area contributed by atoms with Crippen LogP contribution in [0, 0.1) is 16.4 Å². The summed E-state index contributed by atoms with van der Waals surface area (Å²) in [6.45, 7) is 0. The van der Waals surface area contributed by atoms with Crippen LogP contribution in [0.15, 0.2) is 24.4 Å². The lowest BCUT2D eigenvalue weighted by Gasteiger charge is -2.05. The van der Waals surface area contributed by atoms with Crippen LogP contribution in [0.5, 0.6) is 0 Å². The van der Waals surface area contributed by atoms with E-state index in [0.717, 1.165) is 24.4 Å². The normalized spacial score (nSPS) is 10.3. The minimum absolute atomic E-state index is 0.0209. The zero-order valence-corrected chi connectivity index (χ0v) is 9.59. The fraction of sp³-hybridized carbons (Fsp3) is 0. The van der Waals surface area contributed by atoms with Gasteiger partial charge in [-0.3, -0.25) is 0 Å². The quantitative estimate of drug-likeness (QED) is 0.822. The molecule has 0 bridgehead atoms. The van der Waals surface area contributed by atoms with Gasteiger partial charge >= 0.3 is 5.97 Å². The topological polar surface area (TPSA) is 66.0 Å². The van der Waals surface area contributed by atoms with Gasteiger partial charge in [-0.1, -0.05) is 0 Å². The molecule has 0 aliphatic carbocycles. The summed E-state index contributed by atoms with van der Waals surface area (Å²) in [6.07, 6.45) is 0.888. The van der Waals surface area contributed by atoms with Gasteiger partial charge in [0.2, 0.25) is 0 Å². The van der Waals surface area contributed by atoms with E-state index in [4.69, 9.17) is 17.3 Å². The Balaban J connectivity index is 2.67. The molecule has 92 valence electrons. The fourth-order valence-corrected chi connectivity index (χ4v) is 1.60. The summed E-state index contributed by atoms with van der Waals surface area (Å²) in [4.78, 5) is 16.8. The van der Waals surface area contributed by atoms with Gasteiger partial charge < -0.3 is 10.1 Å². The third-order valence-corrected chi connectivity index (χ3v) is 2.41. The molecule has 0 amide bonds. The summed E-state index contributed by atoms with van der Waals surface area (Å²) in [5.41, 5.74) is -0.323. The first-order valence-electron chi connectivity index (χ1n) is 4.76. The largest absolute Gasteiger partial charge is 0.478 e. The van der Waals surface area contributed by atoms with E-state index < -0.39 is 17.6 Å². The van der Waals surface area contributed by atoms with Crippen LogP contribution in [0.25, 0.3) is 11.3 Å². The predicted molar refractivity (Wildman–Crippen MR) is 61.7 cm³/mol. The number of hydrogen-bond acceptors (Lipinski definition) is 3. The second-order valence-electron chi connectivity index (χ2n) is 3.45. The average molecular weight is 268 g/mol. The SMILES string of the molecule is O=C(O)c1cc(F)cc(-c2[nH]c(=S)ncc2F)c1. The number of halogens is 2. The molecule has 18 heavy (non-hydrogen) atoms. The first-order valence-corrected chi connectivity index (χ1v) is 5.17. The number of aromatic amines is 1. The van der Waals surface area contributed by atoms with Crippen molar-refractivity contribution in [1.29, 1.82) is 0 Å². The van der Waals surface area contributed by atoms with Crippen LogP contribution in [0.3, 0.4) is 0 Å². The van der Waals surface area contributed by atoms with Crippen molar-refractivity contribution in [1.82, 2.24) is 9.97 Å². The van der Waals surface area contributed by atoms with Crippen molar-refractivity contribution in [3.63, 3.8) is 0 Å². The third-order valence-electron chi connectivity index (χ3n) is 2.20. The Morgan fingerprint density at radius 2 is 2.06 bits per heavy atom. The smallest absolute Gasteiger partial charge is 0.335 e. The van der Waals surface area contributed by atoms with E-state index in [1.165, 1.54) is 0 Å². The number of hydrogen-bond donors (Lipinski definition) is 2. The Kier molecular flexibility index (Phi) is 3.15. The van der Waals surface area contributed by atoms with E-state index in [1.54, 1.807) is 0 Å². The van der Waals surface area contributed by atoms with E-state index in [9.17, 15) is 13.6 Å². The van der Waals surface area contributed by atoms with E-state index in [-0.39, 0.29) is 21.6 Å². The minimum Gasteiger partial charge on any atom is -0.478 e. The molecule has 2 aromatic rings. The van der Waals surface area contributed by atoms with Crippen molar-refractivity contribution in [3.8, 4) is 11.3 Å². The summed E-state index contributed by atoms with van der Waals surface area (Å²) in [5, 5.41) is 8.80. The lowest BCUT2D eigenvalue weighted by atomic mass is 10.1. The van der Waals surface area contributed by atoms with Crippen LogP contribution in [0.4, 0.5) is 8.78 Å². The number of aromatic carboxylic acids is 1. The summed E-state index contributed by atoms with van der Waals surface area (Å²) in [6, 6.07) is 3.00. The van der Waals surface area contributed by atoms with Gasteiger partial charge in [0.25, 0.3) is 0 Å². The Hall–Kier alpha value is -2.15. The molecule has 1 aromatic carbocycles. The van der Waals surface area contributed by atoms with Crippen molar-refractivity contribution in [2.75, 3.05) is 0 Å². The van der Waals surface area contributed by atoms with E-state index in [2.05, 4.69) is 9.97 Å². The molecule has 2 N–H and O–H groups in total. The van der Waals surface area contributed by atoms with Crippen LogP contribution in [-0.4, -0.2) is 21.0 Å². The molecule has 0 aliphatic rings. The lowest BCUT2D eigenvalue weighted by Crippen LogP contribution is -1.99. The number of H-pyrrole nitrogens is 1. The van der Waals surface area contributed by atoms with Gasteiger partial charge in [0.05, 0.1) is 17.5 Å². The van der Waals surface area contributed by atoms with E-state index in [0.29, 0.717) is 0 Å². The van der Waals surface area contributed by atoms with Crippen molar-refractivity contribution in [3.05, 3.63) is 46.4 Å². The molecule has 0 unspecified atom stereocenters. The summed E-state index contributed by atoms with van der Waals surface area (Å²) in [5.74, 6) is -2.82. The monoisotopic (exact) mass is 268 g/mol. The number of carboxylic acids is 1. The van der Waals surface area contributed by atoms with Gasteiger partial charge in [-0.05, 0) is 30.4 Å². The molecule has 0 spiro atoms. The molecule has 0 atom stereocenters. The van der Waals surface area contributed by atoms with Gasteiger partial charge in [-0.15, -0.1) is 0 Å². The molecule has 1 heterocycles. The molecule has 2 rings (SSSR count). The van der Waals surface area contributed by atoms with Crippen LogP contribution in [-0.2, 0) is 0 Å². The molecule has 0 saturated carbocycles. The minimum atomic E-state index is -1.30. The van der Waals surface area contributed by atoms with Crippen molar-refractivity contribution in [2.45, 2.75) is 0 Å². The first-order chi connectivity index (χ1) is 8.47. The van der Waals surface area contributed by atoms with Gasteiger partial charge in [-0.25, -0.2) is 18.6 Å². The Labute approximate surface area is 105 Å². The summed E-state index contributed by atoms with van der Waals surface area (Å²) >= 11 is 4.73. The Bertz CT molecular complexity index is 685. The number of rotatable bonds is 2. The first kappa shape index (κ1) is 12.3. The molecule has 0 aliphatic heterocycles. The number of aromatic nitrogens is 2. The highest BCUT2D eigenvalue weighted by molar-refractivity contribution is 7.71. The highest BCUT2D eigenvalue weighted by Crippen LogP contribution is 2.22. The maximum absolute atomic E-state index is 13.5. The second kappa shape index (κ2) is 4.61. The molecule has 7 heteroatoms. The average Bonchev–Trinajstić information content (AvgIpc) is 2.31. The lowest BCUT2D eigenvalue weighted by molar-refractivity contribution is 0.0696. The van der Waals surface area contributed by atoms with Crippen molar-refractivity contribution >= 4 is 18.2 Å². The second-order valence-corrected chi connectivity index (χ2v) is 3.83. The van der Waals surface area contributed by atoms with Gasteiger partial charge in [-0.2, -0.15) is 0 Å². The molecular weight excluding hydrogens is 262 g/mol. The highest BCUT2D eigenvalue weighted by atomic mass is 32.1. The molecular formula is C11H6F2N2O2S.